The first-order valence-electron chi connectivity index (χ1n) is 4.29. The van der Waals surface area contributed by atoms with Gasteiger partial charge in [-0.3, -0.25) is 0 Å². The first kappa shape index (κ1) is 9.55. The van der Waals surface area contributed by atoms with Gasteiger partial charge < -0.3 is 10.7 Å². The van der Waals surface area contributed by atoms with Crippen molar-refractivity contribution >= 4 is 38.3 Å². The third-order valence-electron chi connectivity index (χ3n) is 2.26. The van der Waals surface area contributed by atoms with Gasteiger partial charge in [-0.25, -0.2) is 0 Å². The SMILES string of the molecule is C[SH](C(N)=S)c1c[nH]c2ccccc12. The summed E-state index contributed by atoms with van der Waals surface area (Å²) in [4.78, 5) is 4.46. The molecule has 1 atom stereocenters. The van der Waals surface area contributed by atoms with E-state index in [1.54, 1.807) is 0 Å². The van der Waals surface area contributed by atoms with Crippen molar-refractivity contribution in [2.45, 2.75) is 4.90 Å². The molecule has 0 spiro atoms. The van der Waals surface area contributed by atoms with Gasteiger partial charge in [0, 0.05) is 22.0 Å². The van der Waals surface area contributed by atoms with Gasteiger partial charge in [-0.15, -0.1) is 0 Å². The van der Waals surface area contributed by atoms with Crippen LogP contribution in [0.4, 0.5) is 0 Å². The van der Waals surface area contributed by atoms with Crippen molar-refractivity contribution in [3.05, 3.63) is 30.5 Å². The second kappa shape index (κ2) is 3.63. The van der Waals surface area contributed by atoms with E-state index < -0.39 is 10.9 Å². The number of thiol groups is 1. The summed E-state index contributed by atoms with van der Waals surface area (Å²) in [6, 6.07) is 8.20. The maximum Gasteiger partial charge on any atom is 0.115 e. The minimum Gasteiger partial charge on any atom is -0.386 e. The van der Waals surface area contributed by atoms with Crippen LogP contribution >= 0.6 is 23.1 Å². The Morgan fingerprint density at radius 3 is 2.86 bits per heavy atom. The predicted octanol–water partition coefficient (Wildman–Crippen LogP) is 2.40. The van der Waals surface area contributed by atoms with E-state index in [9.17, 15) is 0 Å². The van der Waals surface area contributed by atoms with E-state index in [1.165, 1.54) is 10.3 Å². The molecule has 4 heteroatoms. The zero-order valence-electron chi connectivity index (χ0n) is 7.82. The number of thiocarbonyl (C=S) groups is 1. The first-order chi connectivity index (χ1) is 6.70. The van der Waals surface area contributed by atoms with E-state index in [4.69, 9.17) is 18.0 Å². The smallest absolute Gasteiger partial charge is 0.115 e. The van der Waals surface area contributed by atoms with Crippen molar-refractivity contribution in [2.24, 2.45) is 5.73 Å². The number of nitrogens with two attached hydrogens (primary N) is 1. The monoisotopic (exact) mass is 224 g/mol. The maximum absolute atomic E-state index is 5.66. The Morgan fingerprint density at radius 2 is 2.14 bits per heavy atom. The van der Waals surface area contributed by atoms with Gasteiger partial charge >= 0.3 is 0 Å². The molecule has 14 heavy (non-hydrogen) atoms. The molecular weight excluding hydrogens is 212 g/mol. The summed E-state index contributed by atoms with van der Waals surface area (Å²) in [6.45, 7) is 0. The molecule has 0 fully saturated rings. The van der Waals surface area contributed by atoms with Crippen LogP contribution in [-0.4, -0.2) is 15.6 Å². The van der Waals surface area contributed by atoms with E-state index in [0.717, 1.165) is 5.52 Å². The average Bonchev–Trinajstić information content (AvgIpc) is 2.60. The maximum atomic E-state index is 5.66. The second-order valence-corrected chi connectivity index (χ2v) is 5.94. The van der Waals surface area contributed by atoms with Crippen LogP contribution in [0, 0.1) is 0 Å². The minimum atomic E-state index is -0.519. The minimum absolute atomic E-state index is 0.519. The van der Waals surface area contributed by atoms with Crippen molar-refractivity contribution < 1.29 is 0 Å². The average molecular weight is 224 g/mol. The number of benzene rings is 1. The predicted molar refractivity (Wildman–Crippen MR) is 68.3 cm³/mol. The number of aromatic nitrogens is 1. The zero-order chi connectivity index (χ0) is 10.1. The van der Waals surface area contributed by atoms with Gasteiger partial charge in [0.15, 0.2) is 0 Å². The van der Waals surface area contributed by atoms with Crippen LogP contribution in [0.1, 0.15) is 0 Å². The summed E-state index contributed by atoms with van der Waals surface area (Å²) in [5.74, 6) is 0. The summed E-state index contributed by atoms with van der Waals surface area (Å²) < 4.78 is 0.602. The fourth-order valence-corrected chi connectivity index (χ4v) is 2.80. The molecule has 0 amide bonds. The van der Waals surface area contributed by atoms with E-state index in [2.05, 4.69) is 23.4 Å². The molecule has 0 radical (unpaired) electrons. The van der Waals surface area contributed by atoms with Gasteiger partial charge in [0.05, 0.1) is 0 Å². The zero-order valence-corrected chi connectivity index (χ0v) is 9.53. The number of aromatic amines is 1. The molecule has 0 aliphatic carbocycles. The lowest BCUT2D eigenvalue weighted by Crippen LogP contribution is -2.07. The van der Waals surface area contributed by atoms with E-state index in [-0.39, 0.29) is 0 Å². The Labute approximate surface area is 90.8 Å². The molecule has 0 aliphatic rings. The highest BCUT2D eigenvalue weighted by Crippen LogP contribution is 2.37. The number of hydrogen-bond acceptors (Lipinski definition) is 1. The number of H-pyrrole nitrogens is 1. The first-order valence-corrected chi connectivity index (χ1v) is 6.49. The topological polar surface area (TPSA) is 41.8 Å². The number of para-hydroxylation sites is 1. The van der Waals surface area contributed by atoms with Gasteiger partial charge in [-0.2, -0.15) is 10.9 Å². The van der Waals surface area contributed by atoms with Crippen molar-refractivity contribution in [2.75, 3.05) is 6.26 Å². The van der Waals surface area contributed by atoms with Crippen molar-refractivity contribution in [3.63, 3.8) is 0 Å². The van der Waals surface area contributed by atoms with Crippen molar-refractivity contribution in [3.8, 4) is 0 Å². The molecule has 1 aromatic heterocycles. The molecule has 2 nitrogen and oxygen atoms in total. The van der Waals surface area contributed by atoms with E-state index in [1.807, 2.05) is 18.3 Å². The summed E-state index contributed by atoms with van der Waals surface area (Å²) >= 11 is 5.02. The second-order valence-electron chi connectivity index (χ2n) is 3.12. The van der Waals surface area contributed by atoms with Crippen LogP contribution in [0.5, 0.6) is 0 Å². The van der Waals surface area contributed by atoms with Gasteiger partial charge in [0.25, 0.3) is 0 Å². The summed E-state index contributed by atoms with van der Waals surface area (Å²) in [5.41, 5.74) is 6.81. The Kier molecular flexibility index (Phi) is 2.48. The highest BCUT2D eigenvalue weighted by Gasteiger charge is 2.09. The van der Waals surface area contributed by atoms with Crippen LogP contribution in [0.15, 0.2) is 35.4 Å². The summed E-state index contributed by atoms with van der Waals surface area (Å²) in [7, 11) is -0.519. The number of hydrogen-bond donors (Lipinski definition) is 3. The molecule has 1 aromatic carbocycles. The fraction of sp³-hybridized carbons (Fsp3) is 0.100. The third kappa shape index (κ3) is 1.51. The third-order valence-corrected chi connectivity index (χ3v) is 4.83. The molecular formula is C10H12N2S2. The molecule has 1 unspecified atom stereocenters. The van der Waals surface area contributed by atoms with E-state index in [0.29, 0.717) is 4.32 Å². The Balaban J connectivity index is 2.58. The standard InChI is InChI=1S/C10H12N2S2/c1-14(10(11)13)9-6-12-8-5-3-2-4-7(8)9/h2-6,12,14H,1H3,(H2,11,13). The molecule has 0 aliphatic heterocycles. The molecule has 0 bridgehead atoms. The molecule has 74 valence electrons. The highest BCUT2D eigenvalue weighted by atomic mass is 32.2. The molecule has 2 rings (SSSR count). The number of nitrogens with one attached hydrogen (secondary N) is 1. The fourth-order valence-electron chi connectivity index (χ4n) is 1.45. The molecule has 2 aromatic rings. The Bertz CT molecular complexity index is 476. The van der Waals surface area contributed by atoms with Crippen LogP contribution in [-0.2, 0) is 0 Å². The Morgan fingerprint density at radius 1 is 1.43 bits per heavy atom. The van der Waals surface area contributed by atoms with Crippen LogP contribution in [0.25, 0.3) is 10.9 Å². The van der Waals surface area contributed by atoms with Gasteiger partial charge in [-0.05, 0) is 12.3 Å². The molecule has 3 N–H and O–H groups in total. The van der Waals surface area contributed by atoms with Crippen LogP contribution < -0.4 is 5.73 Å². The van der Waals surface area contributed by atoms with Gasteiger partial charge in [0.1, 0.15) is 4.32 Å². The lowest BCUT2D eigenvalue weighted by molar-refractivity contribution is 1.41. The van der Waals surface area contributed by atoms with Crippen molar-refractivity contribution in [1.29, 1.82) is 0 Å². The Hall–Kier alpha value is -1.00. The van der Waals surface area contributed by atoms with Crippen LogP contribution in [0.2, 0.25) is 0 Å². The number of fused-ring (bicyclic) bond motifs is 1. The van der Waals surface area contributed by atoms with Crippen LogP contribution in [0.3, 0.4) is 0 Å². The molecule has 0 saturated carbocycles. The normalized spacial score (nSPS) is 14.2. The summed E-state index contributed by atoms with van der Waals surface area (Å²) in [5, 5.41) is 1.23. The lowest BCUT2D eigenvalue weighted by Gasteiger charge is -2.12. The molecule has 0 saturated heterocycles. The lowest BCUT2D eigenvalue weighted by atomic mass is 10.2. The van der Waals surface area contributed by atoms with E-state index >= 15 is 0 Å². The van der Waals surface area contributed by atoms with Crippen molar-refractivity contribution in [1.82, 2.24) is 4.98 Å². The molecule has 1 heterocycles. The number of rotatable bonds is 1. The van der Waals surface area contributed by atoms with Gasteiger partial charge in [-0.1, -0.05) is 30.4 Å². The largest absolute Gasteiger partial charge is 0.386 e. The van der Waals surface area contributed by atoms with Gasteiger partial charge in [0.2, 0.25) is 0 Å². The summed E-state index contributed by atoms with van der Waals surface area (Å²) in [6.07, 6.45) is 4.10. The quantitative estimate of drug-likeness (QED) is 0.514. The highest BCUT2D eigenvalue weighted by molar-refractivity contribution is 8.35.